The summed E-state index contributed by atoms with van der Waals surface area (Å²) in [5.41, 5.74) is 10.8. The van der Waals surface area contributed by atoms with Crippen molar-refractivity contribution in [2.75, 3.05) is 37.0 Å². The monoisotopic (exact) mass is 1240 g/mol. The minimum Gasteiger partial charge on any atom is -0.481 e. The molecule has 12 amide bonds. The normalized spacial score (nSPS) is 16.2. The highest BCUT2D eigenvalue weighted by Crippen LogP contribution is 2.13. The van der Waals surface area contributed by atoms with Crippen molar-refractivity contribution in [1.82, 2.24) is 58.5 Å². The molecule has 0 aliphatic heterocycles. The SMILES string of the molecule is CC[C@H](C)[C@H](NC(=O)CN)C(=O)N[C@H](C(=O)N[C@@H](CCC(=O)O)C(=O)N[C@@H](CCC(N)=O)C(=O)N[C@@H](CS)C(=O)N[C@@H](CS)C(=O)N[C@H](C(=O)N[C@@H](CO)C(=O)N[C@H](C(=O)N[C@@H](CS)C(=O)N[C@@H](CO)C(=O)O)[C@@H](C)CC)[C@@H](C)O)C(C)C. The van der Waals surface area contributed by atoms with E-state index < -0.39 is 230 Å². The minimum atomic E-state index is -1.91. The number of nitrogens with one attached hydrogen (secondary N) is 11. The topological polar surface area (TPSA) is 524 Å². The average molecular weight is 1240 g/mol. The number of carboxylic acids is 2. The highest BCUT2D eigenvalue weighted by molar-refractivity contribution is 7.80. The average Bonchev–Trinajstić information content (AvgIpc) is 3.44. The van der Waals surface area contributed by atoms with Crippen LogP contribution in [0.25, 0.3) is 0 Å². The smallest absolute Gasteiger partial charge is 0.328 e. The van der Waals surface area contributed by atoms with Crippen LogP contribution >= 0.6 is 37.9 Å². The minimum absolute atomic E-state index is 0.250. The number of thiol groups is 3. The first-order valence-corrected chi connectivity index (χ1v) is 28.2. The molecule has 0 aliphatic carbocycles. The molecule has 0 heterocycles. The number of hydrogen-bond acceptors (Lipinski definition) is 21. The van der Waals surface area contributed by atoms with Gasteiger partial charge in [-0.25, -0.2) is 4.79 Å². The lowest BCUT2D eigenvalue weighted by Crippen LogP contribution is -2.63. The Morgan fingerprint density at radius 3 is 1.12 bits per heavy atom. The van der Waals surface area contributed by atoms with Gasteiger partial charge in [0.15, 0.2) is 0 Å². The fourth-order valence-electron chi connectivity index (χ4n) is 7.25. The first-order chi connectivity index (χ1) is 38.8. The number of nitrogens with two attached hydrogens (primary N) is 2. The predicted molar refractivity (Wildman–Crippen MR) is 304 cm³/mol. The number of carbonyl (C=O) groups excluding carboxylic acids is 12. The Balaban J connectivity index is 6.42. The van der Waals surface area contributed by atoms with E-state index in [1.54, 1.807) is 34.6 Å². The second-order valence-corrected chi connectivity index (χ2v) is 20.7. The van der Waals surface area contributed by atoms with Crippen molar-refractivity contribution in [2.45, 2.75) is 160 Å². The van der Waals surface area contributed by atoms with Crippen LogP contribution in [-0.2, 0) is 67.1 Å². The molecule has 0 bridgehead atoms. The van der Waals surface area contributed by atoms with E-state index in [2.05, 4.69) is 91.1 Å². The van der Waals surface area contributed by atoms with Gasteiger partial charge in [0.05, 0.1) is 25.9 Å². The van der Waals surface area contributed by atoms with Crippen LogP contribution in [0.5, 0.6) is 0 Å². The van der Waals surface area contributed by atoms with Crippen LogP contribution in [0, 0.1) is 17.8 Å². The van der Waals surface area contributed by atoms with E-state index in [-0.39, 0.29) is 12.2 Å². The third-order valence-electron chi connectivity index (χ3n) is 12.8. The van der Waals surface area contributed by atoms with Crippen LogP contribution in [0.2, 0.25) is 0 Å². The third-order valence-corrected chi connectivity index (χ3v) is 13.8. The molecule has 0 aliphatic rings. The molecule has 0 aromatic heterocycles. The molecule has 83 heavy (non-hydrogen) atoms. The largest absolute Gasteiger partial charge is 0.481 e. The molecule has 20 N–H and O–H groups in total. The van der Waals surface area contributed by atoms with Crippen molar-refractivity contribution in [3.63, 3.8) is 0 Å². The zero-order chi connectivity index (χ0) is 64.0. The van der Waals surface area contributed by atoms with Crippen LogP contribution in [-0.4, -0.2) is 218 Å². The molecule has 0 saturated heterocycles. The van der Waals surface area contributed by atoms with Crippen molar-refractivity contribution < 1.29 is 92.7 Å². The third kappa shape index (κ3) is 26.7. The summed E-state index contributed by atoms with van der Waals surface area (Å²) < 4.78 is 0. The Hall–Kier alpha value is -6.53. The van der Waals surface area contributed by atoms with Crippen LogP contribution in [0.1, 0.15) is 87.0 Å². The Labute approximate surface area is 495 Å². The molecular formula is C48H83N13O19S3. The van der Waals surface area contributed by atoms with Gasteiger partial charge >= 0.3 is 11.9 Å². The summed E-state index contributed by atoms with van der Waals surface area (Å²) in [6.07, 6.45) is -3.35. The molecule has 472 valence electrons. The van der Waals surface area contributed by atoms with Gasteiger partial charge in [-0.3, -0.25) is 62.3 Å². The van der Waals surface area contributed by atoms with Crippen LogP contribution in [0.15, 0.2) is 0 Å². The van der Waals surface area contributed by atoms with Crippen LogP contribution in [0.3, 0.4) is 0 Å². The zero-order valence-corrected chi connectivity index (χ0v) is 49.8. The van der Waals surface area contributed by atoms with Gasteiger partial charge in [0.1, 0.15) is 66.5 Å². The molecule has 0 fully saturated rings. The maximum atomic E-state index is 13.9. The maximum Gasteiger partial charge on any atom is 0.328 e. The first kappa shape index (κ1) is 76.5. The number of aliphatic hydroxyl groups excluding tert-OH is 3. The standard InChI is InChI=1S/C48H83N13O19S3/c1-8-21(5)35(58-32(66)14-49)46(77)59-34(20(3)4)44(75)52-25(11-13-33(67)68)38(69)51-24(10-12-31(50)65)39(70)55-28(17-81)42(73)56-30(19-83)43(74)61-37(23(7)64)47(78)53-26(15-62)40(71)60-36(22(6)9-2)45(76)57-29(18-82)41(72)54-27(16-63)48(79)80/h20-30,34-37,62-64,81-83H,8-19,49H2,1-7H3,(H2,50,65)(H,51,69)(H,52,75)(H,53,78)(H,54,72)(H,55,70)(H,56,73)(H,57,76)(H,58,66)(H,59,77)(H,60,71)(H,61,74)(H,67,68)(H,79,80)/t21-,22-,23+,24-,25-,26-,27-,28-,29-,30-,34-,35-,36-,37-/m0/s1. The molecule has 35 heteroatoms. The van der Waals surface area contributed by atoms with Gasteiger partial charge in [-0.05, 0) is 37.5 Å². The molecular weight excluding hydrogens is 1160 g/mol. The van der Waals surface area contributed by atoms with E-state index in [4.69, 9.17) is 11.5 Å². The predicted octanol–water partition coefficient (Wildman–Crippen LogP) is -7.60. The summed E-state index contributed by atoms with van der Waals surface area (Å²) in [5.74, 6) is -18.3. The molecule has 14 atom stereocenters. The molecule has 0 aromatic rings. The number of primary amides is 1. The number of rotatable bonds is 40. The highest BCUT2D eigenvalue weighted by atomic mass is 32.1. The molecule has 0 rings (SSSR count). The summed E-state index contributed by atoms with van der Waals surface area (Å²) in [6.45, 7) is 8.28. The van der Waals surface area contributed by atoms with Crippen molar-refractivity contribution in [3.8, 4) is 0 Å². The van der Waals surface area contributed by atoms with E-state index in [0.29, 0.717) is 6.42 Å². The number of amides is 12. The fraction of sp³-hybridized carbons (Fsp3) is 0.708. The van der Waals surface area contributed by atoms with E-state index in [1.165, 1.54) is 6.92 Å². The van der Waals surface area contributed by atoms with E-state index >= 15 is 0 Å². The second kappa shape index (κ2) is 39.1. The lowest BCUT2D eigenvalue weighted by molar-refractivity contribution is -0.143. The highest BCUT2D eigenvalue weighted by Gasteiger charge is 2.38. The summed E-state index contributed by atoms with van der Waals surface area (Å²) >= 11 is 12.2. The quantitative estimate of drug-likeness (QED) is 0.0253. The van der Waals surface area contributed by atoms with Gasteiger partial charge < -0.3 is 95.5 Å². The van der Waals surface area contributed by atoms with Gasteiger partial charge in [0.25, 0.3) is 0 Å². The van der Waals surface area contributed by atoms with Crippen molar-refractivity contribution >= 4 is 121 Å². The summed E-state index contributed by atoms with van der Waals surface area (Å²) in [6, 6.07) is -17.6. The van der Waals surface area contributed by atoms with Gasteiger partial charge in [-0.15, -0.1) is 0 Å². The fourth-order valence-corrected chi connectivity index (χ4v) is 8.03. The molecule has 0 unspecified atom stereocenters. The molecule has 0 saturated carbocycles. The molecule has 0 radical (unpaired) electrons. The number of aliphatic carboxylic acids is 2. The van der Waals surface area contributed by atoms with Gasteiger partial charge in [0.2, 0.25) is 70.9 Å². The first-order valence-electron chi connectivity index (χ1n) is 26.3. The number of aliphatic hydroxyl groups is 3. The number of carbonyl (C=O) groups is 14. The lowest BCUT2D eigenvalue weighted by atomic mass is 9.96. The van der Waals surface area contributed by atoms with Gasteiger partial charge in [-0.2, -0.15) is 37.9 Å². The van der Waals surface area contributed by atoms with E-state index in [9.17, 15) is 92.7 Å². The maximum absolute atomic E-state index is 13.9. The Morgan fingerprint density at radius 1 is 0.422 bits per heavy atom. The van der Waals surface area contributed by atoms with E-state index in [1.807, 2.05) is 5.32 Å². The Morgan fingerprint density at radius 2 is 0.735 bits per heavy atom. The number of hydrogen-bond donors (Lipinski definition) is 21. The van der Waals surface area contributed by atoms with Gasteiger partial charge in [-0.1, -0.05) is 54.4 Å². The summed E-state index contributed by atoms with van der Waals surface area (Å²) in [5, 5.41) is 74.2. The van der Waals surface area contributed by atoms with Crippen molar-refractivity contribution in [2.24, 2.45) is 29.2 Å². The van der Waals surface area contributed by atoms with Crippen molar-refractivity contribution in [1.29, 1.82) is 0 Å². The Kier molecular flexibility index (Phi) is 36.0. The van der Waals surface area contributed by atoms with Crippen molar-refractivity contribution in [3.05, 3.63) is 0 Å². The van der Waals surface area contributed by atoms with Gasteiger partial charge in [0, 0.05) is 30.1 Å². The van der Waals surface area contributed by atoms with E-state index in [0.717, 1.165) is 6.92 Å². The summed E-state index contributed by atoms with van der Waals surface area (Å²) in [7, 11) is 0. The lowest BCUT2D eigenvalue weighted by Gasteiger charge is -2.29. The zero-order valence-electron chi connectivity index (χ0n) is 47.1. The Bertz CT molecular complexity index is 2270. The summed E-state index contributed by atoms with van der Waals surface area (Å²) in [4.78, 5) is 182. The number of carboxylic acid groups (broad SMARTS) is 2. The van der Waals surface area contributed by atoms with Crippen LogP contribution in [0.4, 0.5) is 0 Å². The molecule has 0 spiro atoms. The second-order valence-electron chi connectivity index (χ2n) is 19.6. The molecule has 32 nitrogen and oxygen atoms in total. The molecule has 0 aromatic carbocycles. The van der Waals surface area contributed by atoms with Crippen LogP contribution < -0.4 is 70.0 Å².